The number of anilines is 1. The topological polar surface area (TPSA) is 109 Å². The Kier molecular flexibility index (Phi) is 4.89. The van der Waals surface area contributed by atoms with Crippen LogP contribution in [0.2, 0.25) is 0 Å². The first kappa shape index (κ1) is 17.1. The smallest absolute Gasteiger partial charge is 0.337 e. The number of carbonyl (C=O) groups is 2. The van der Waals surface area contributed by atoms with Crippen LogP contribution in [0.25, 0.3) is 0 Å². The minimum absolute atomic E-state index is 0.0149. The van der Waals surface area contributed by atoms with Crippen molar-refractivity contribution < 1.29 is 29.0 Å². The van der Waals surface area contributed by atoms with Crippen LogP contribution in [0.1, 0.15) is 26.7 Å². The number of furan rings is 1. The summed E-state index contributed by atoms with van der Waals surface area (Å²) in [5.74, 6) is -0.954. The van der Waals surface area contributed by atoms with Crippen LogP contribution in [0.4, 0.5) is 5.69 Å². The standard InChI is InChI=1S/C19H15NO6/c21-12-6-8-16(15(10-12)19(23)24)20-18(22)17-9-7-14(26-17)11-25-13-4-2-1-3-5-13/h1-10,21H,11H2,(H,20,22)(H,23,24). The molecule has 0 atom stereocenters. The highest BCUT2D eigenvalue weighted by Gasteiger charge is 2.17. The van der Waals surface area contributed by atoms with E-state index in [2.05, 4.69) is 5.32 Å². The zero-order chi connectivity index (χ0) is 18.5. The SMILES string of the molecule is O=C(Nc1ccc(O)cc1C(=O)O)c1ccc(COc2ccccc2)o1. The Morgan fingerprint density at radius 1 is 1.04 bits per heavy atom. The van der Waals surface area contributed by atoms with Gasteiger partial charge in [-0.15, -0.1) is 0 Å². The van der Waals surface area contributed by atoms with Crippen LogP contribution < -0.4 is 10.1 Å². The van der Waals surface area contributed by atoms with E-state index in [1.165, 1.54) is 18.2 Å². The fraction of sp³-hybridized carbons (Fsp3) is 0.0526. The Bertz CT molecular complexity index is 932. The summed E-state index contributed by atoms with van der Waals surface area (Å²) in [6.07, 6.45) is 0. The van der Waals surface area contributed by atoms with Crippen LogP contribution in [-0.4, -0.2) is 22.1 Å². The van der Waals surface area contributed by atoms with Crippen molar-refractivity contribution in [2.45, 2.75) is 6.61 Å². The van der Waals surface area contributed by atoms with E-state index in [0.29, 0.717) is 11.5 Å². The predicted molar refractivity (Wildman–Crippen MR) is 92.5 cm³/mol. The van der Waals surface area contributed by atoms with Crippen LogP contribution in [0.3, 0.4) is 0 Å². The van der Waals surface area contributed by atoms with E-state index in [9.17, 15) is 14.7 Å². The van der Waals surface area contributed by atoms with Crippen LogP contribution in [0, 0.1) is 0 Å². The van der Waals surface area contributed by atoms with Gasteiger partial charge in [-0.3, -0.25) is 4.79 Å². The maximum absolute atomic E-state index is 12.3. The summed E-state index contributed by atoms with van der Waals surface area (Å²) in [7, 11) is 0. The zero-order valence-corrected chi connectivity index (χ0v) is 13.5. The van der Waals surface area contributed by atoms with E-state index in [1.54, 1.807) is 18.2 Å². The lowest BCUT2D eigenvalue weighted by Crippen LogP contribution is -2.14. The second-order valence-electron chi connectivity index (χ2n) is 5.36. The Balaban J connectivity index is 1.68. The minimum atomic E-state index is -1.27. The molecule has 0 saturated heterocycles. The third-order valence-electron chi connectivity index (χ3n) is 3.49. The monoisotopic (exact) mass is 353 g/mol. The third-order valence-corrected chi connectivity index (χ3v) is 3.49. The van der Waals surface area contributed by atoms with Crippen LogP contribution in [-0.2, 0) is 6.61 Å². The molecular weight excluding hydrogens is 338 g/mol. The molecule has 0 fully saturated rings. The van der Waals surface area contributed by atoms with Gasteiger partial charge in [0, 0.05) is 0 Å². The van der Waals surface area contributed by atoms with Crippen molar-refractivity contribution >= 4 is 17.6 Å². The van der Waals surface area contributed by atoms with Gasteiger partial charge in [-0.25, -0.2) is 4.79 Å². The molecule has 7 heteroatoms. The number of amides is 1. The molecule has 0 aliphatic heterocycles. The second-order valence-corrected chi connectivity index (χ2v) is 5.36. The van der Waals surface area contributed by atoms with Gasteiger partial charge < -0.3 is 24.7 Å². The van der Waals surface area contributed by atoms with Gasteiger partial charge in [0.05, 0.1) is 11.3 Å². The number of hydrogen-bond donors (Lipinski definition) is 3. The number of aromatic carboxylic acids is 1. The number of para-hydroxylation sites is 1. The third kappa shape index (κ3) is 4.02. The van der Waals surface area contributed by atoms with Crippen molar-refractivity contribution in [1.29, 1.82) is 0 Å². The molecule has 0 radical (unpaired) electrons. The number of carboxylic acids is 1. The molecule has 0 saturated carbocycles. The highest BCUT2D eigenvalue weighted by atomic mass is 16.5. The Morgan fingerprint density at radius 3 is 2.54 bits per heavy atom. The van der Waals surface area contributed by atoms with E-state index < -0.39 is 11.9 Å². The maximum Gasteiger partial charge on any atom is 0.337 e. The van der Waals surface area contributed by atoms with Crippen molar-refractivity contribution in [2.24, 2.45) is 0 Å². The lowest BCUT2D eigenvalue weighted by atomic mass is 10.1. The van der Waals surface area contributed by atoms with Crippen molar-refractivity contribution in [1.82, 2.24) is 0 Å². The zero-order valence-electron chi connectivity index (χ0n) is 13.5. The average Bonchev–Trinajstić information content (AvgIpc) is 3.11. The van der Waals surface area contributed by atoms with Crippen LogP contribution >= 0.6 is 0 Å². The molecule has 0 aliphatic rings. The number of carbonyl (C=O) groups excluding carboxylic acids is 1. The number of rotatable bonds is 6. The molecular formula is C19H15NO6. The van der Waals surface area contributed by atoms with Gasteiger partial charge in [0.2, 0.25) is 0 Å². The van der Waals surface area contributed by atoms with Gasteiger partial charge in [0.25, 0.3) is 5.91 Å². The quantitative estimate of drug-likeness (QED) is 0.585. The van der Waals surface area contributed by atoms with Crippen molar-refractivity contribution in [3.8, 4) is 11.5 Å². The summed E-state index contributed by atoms with van der Waals surface area (Å²) < 4.78 is 11.0. The largest absolute Gasteiger partial charge is 0.508 e. The molecule has 132 valence electrons. The number of phenols is 1. The summed E-state index contributed by atoms with van der Waals surface area (Å²) in [6, 6.07) is 15.9. The summed E-state index contributed by atoms with van der Waals surface area (Å²) in [5.41, 5.74) is -0.170. The molecule has 1 amide bonds. The summed E-state index contributed by atoms with van der Waals surface area (Å²) in [4.78, 5) is 23.5. The molecule has 26 heavy (non-hydrogen) atoms. The molecule has 1 aromatic heterocycles. The van der Waals surface area contributed by atoms with Crippen LogP contribution in [0.15, 0.2) is 65.1 Å². The van der Waals surface area contributed by atoms with Gasteiger partial charge >= 0.3 is 5.97 Å². The van der Waals surface area contributed by atoms with E-state index in [4.69, 9.17) is 14.3 Å². The molecule has 0 aliphatic carbocycles. The number of ether oxygens (including phenoxy) is 1. The number of hydrogen-bond acceptors (Lipinski definition) is 5. The lowest BCUT2D eigenvalue weighted by molar-refractivity contribution is 0.0697. The van der Waals surface area contributed by atoms with Crippen molar-refractivity contribution in [2.75, 3.05) is 5.32 Å². The van der Waals surface area contributed by atoms with Gasteiger partial charge in [0.1, 0.15) is 23.9 Å². The minimum Gasteiger partial charge on any atom is -0.508 e. The van der Waals surface area contributed by atoms with Gasteiger partial charge in [0.15, 0.2) is 5.76 Å². The fourth-order valence-corrected chi connectivity index (χ4v) is 2.25. The molecule has 7 nitrogen and oxygen atoms in total. The van der Waals surface area contributed by atoms with Crippen LogP contribution in [0.5, 0.6) is 11.5 Å². The predicted octanol–water partition coefficient (Wildman–Crippen LogP) is 3.51. The highest BCUT2D eigenvalue weighted by molar-refractivity contribution is 6.06. The molecule has 1 heterocycles. The fourth-order valence-electron chi connectivity index (χ4n) is 2.25. The normalized spacial score (nSPS) is 10.3. The summed E-state index contributed by atoms with van der Waals surface area (Å²) in [6.45, 7) is 0.150. The number of nitrogens with one attached hydrogen (secondary N) is 1. The van der Waals surface area contributed by atoms with E-state index >= 15 is 0 Å². The number of carboxylic acid groups (broad SMARTS) is 1. The first-order chi connectivity index (χ1) is 12.5. The average molecular weight is 353 g/mol. The molecule has 0 bridgehead atoms. The molecule has 3 rings (SSSR count). The first-order valence-corrected chi connectivity index (χ1v) is 7.67. The first-order valence-electron chi connectivity index (χ1n) is 7.67. The van der Waals surface area contributed by atoms with Crippen molar-refractivity contribution in [3.05, 3.63) is 77.7 Å². The number of phenolic OH excluding ortho intramolecular Hbond substituents is 1. The van der Waals surface area contributed by atoms with Gasteiger partial charge in [-0.1, -0.05) is 18.2 Å². The molecule has 0 unspecified atom stereocenters. The highest BCUT2D eigenvalue weighted by Crippen LogP contribution is 2.22. The van der Waals surface area contributed by atoms with Gasteiger partial charge in [-0.05, 0) is 42.5 Å². The Hall–Kier alpha value is -3.74. The molecule has 2 aromatic carbocycles. The summed E-state index contributed by atoms with van der Waals surface area (Å²) in [5, 5.41) is 21.0. The number of benzene rings is 2. The van der Waals surface area contributed by atoms with E-state index in [1.807, 2.05) is 18.2 Å². The van der Waals surface area contributed by atoms with E-state index in [-0.39, 0.29) is 29.4 Å². The Morgan fingerprint density at radius 2 is 1.81 bits per heavy atom. The number of aromatic hydroxyl groups is 1. The van der Waals surface area contributed by atoms with E-state index in [0.717, 1.165) is 6.07 Å². The molecule has 3 N–H and O–H groups in total. The Labute approximate surface area is 148 Å². The molecule has 3 aromatic rings. The molecule has 0 spiro atoms. The second kappa shape index (κ2) is 7.43. The van der Waals surface area contributed by atoms with Gasteiger partial charge in [-0.2, -0.15) is 0 Å². The van der Waals surface area contributed by atoms with Crippen molar-refractivity contribution in [3.63, 3.8) is 0 Å². The maximum atomic E-state index is 12.3. The lowest BCUT2D eigenvalue weighted by Gasteiger charge is -2.07. The summed E-state index contributed by atoms with van der Waals surface area (Å²) >= 11 is 0.